The Balaban J connectivity index is 1.87. The maximum absolute atomic E-state index is 12.9. The van der Waals surface area contributed by atoms with Gasteiger partial charge in [0.25, 0.3) is 5.91 Å². The van der Waals surface area contributed by atoms with E-state index in [4.69, 9.17) is 4.74 Å². The normalized spacial score (nSPS) is 23.2. The van der Waals surface area contributed by atoms with Gasteiger partial charge in [-0.15, -0.1) is 22.0 Å². The van der Waals surface area contributed by atoms with E-state index in [1.807, 2.05) is 0 Å². The Morgan fingerprint density at radius 3 is 2.66 bits per heavy atom. The van der Waals surface area contributed by atoms with Crippen LogP contribution in [-0.4, -0.2) is 83.0 Å². The summed E-state index contributed by atoms with van der Waals surface area (Å²) < 4.78 is 4.86. The van der Waals surface area contributed by atoms with E-state index in [1.165, 1.54) is 6.92 Å². The van der Waals surface area contributed by atoms with Gasteiger partial charge in [0, 0.05) is 18.2 Å². The molecule has 2 atom stereocenters. The number of carbonyl (C=O) groups is 5. The largest absolute Gasteiger partial charge is 0.477 e. The fourth-order valence-corrected chi connectivity index (χ4v) is 4.60. The average Bonchev–Trinajstić information content (AvgIpc) is 3.15. The number of thioether (sulfide) groups is 1. The van der Waals surface area contributed by atoms with E-state index >= 15 is 0 Å². The predicted octanol–water partition coefficient (Wildman–Crippen LogP) is -2.07. The summed E-state index contributed by atoms with van der Waals surface area (Å²) in [6, 6.07) is 0. The summed E-state index contributed by atoms with van der Waals surface area (Å²) in [5.74, 6) is -4.13. The topological polar surface area (TPSA) is 174 Å². The Hall–Kier alpha value is -3.29. The number of ether oxygens (including phenoxy) is 1. The Kier molecular flexibility index (Phi) is 5.37. The molecule has 1 aromatic rings. The van der Waals surface area contributed by atoms with Gasteiger partial charge in [-0.05, 0) is 12.1 Å². The van der Waals surface area contributed by atoms with Crippen molar-refractivity contribution in [2.45, 2.75) is 31.3 Å². The Morgan fingerprint density at radius 1 is 1.38 bits per heavy atom. The monoisotopic (exact) mass is 424 g/mol. The average molecular weight is 424 g/mol. The number of aliphatic carboxylic acids is 1. The predicted molar refractivity (Wildman–Crippen MR) is 93.8 cm³/mol. The van der Waals surface area contributed by atoms with Crippen molar-refractivity contribution in [3.05, 3.63) is 17.6 Å². The number of fused-ring (bicyclic) bond motifs is 1. The van der Waals surface area contributed by atoms with Crippen molar-refractivity contribution >= 4 is 41.3 Å². The van der Waals surface area contributed by atoms with Crippen LogP contribution in [0.1, 0.15) is 13.8 Å². The lowest BCUT2D eigenvalue weighted by Crippen LogP contribution is -2.82. The highest BCUT2D eigenvalue weighted by Crippen LogP contribution is 2.46. The van der Waals surface area contributed by atoms with Crippen molar-refractivity contribution in [3.63, 3.8) is 0 Å². The summed E-state index contributed by atoms with van der Waals surface area (Å²) in [6.45, 7) is 1.65. The summed E-state index contributed by atoms with van der Waals surface area (Å²) in [5.41, 5.74) is -2.04. The van der Waals surface area contributed by atoms with Crippen LogP contribution in [0.2, 0.25) is 0 Å². The van der Waals surface area contributed by atoms with Crippen molar-refractivity contribution in [3.8, 4) is 0 Å². The highest BCUT2D eigenvalue weighted by Gasteiger charge is 2.68. The number of hydrogen-bond donors (Lipinski definition) is 2. The maximum Gasteiger partial charge on any atom is 0.352 e. The lowest BCUT2D eigenvalue weighted by Gasteiger charge is -2.55. The summed E-state index contributed by atoms with van der Waals surface area (Å²) in [5, 5.41) is 21.7. The number of tetrazole rings is 1. The maximum atomic E-state index is 12.9. The Labute approximate surface area is 167 Å². The molecular weight excluding hydrogens is 408 g/mol. The molecule has 0 spiro atoms. The minimum Gasteiger partial charge on any atom is -0.477 e. The number of ketones is 1. The number of Topliss-reactive ketones (excluding diaryl/α,β-unsaturated/α-hetero) is 1. The molecule has 14 heteroatoms. The van der Waals surface area contributed by atoms with Crippen LogP contribution in [0.5, 0.6) is 0 Å². The van der Waals surface area contributed by atoms with Crippen LogP contribution in [0.4, 0.5) is 0 Å². The van der Waals surface area contributed by atoms with Crippen molar-refractivity contribution in [2.24, 2.45) is 0 Å². The second kappa shape index (κ2) is 7.62. The number of carbonyl (C=O) groups excluding carboxylic acids is 4. The van der Waals surface area contributed by atoms with Gasteiger partial charge in [-0.25, -0.2) is 4.79 Å². The van der Waals surface area contributed by atoms with Crippen molar-refractivity contribution < 1.29 is 33.8 Å². The summed E-state index contributed by atoms with van der Waals surface area (Å²) in [6.07, 6.45) is 1.12. The van der Waals surface area contributed by atoms with Crippen molar-refractivity contribution in [1.29, 1.82) is 0 Å². The van der Waals surface area contributed by atoms with Gasteiger partial charge in [0.1, 0.15) is 24.2 Å². The Bertz CT molecular complexity index is 930. The number of β-lactam (4-membered cyclic amide) rings is 1. The van der Waals surface area contributed by atoms with E-state index in [-0.39, 0.29) is 30.2 Å². The number of rotatable bonds is 7. The van der Waals surface area contributed by atoms with E-state index in [2.05, 4.69) is 20.7 Å². The van der Waals surface area contributed by atoms with Gasteiger partial charge in [0.2, 0.25) is 11.4 Å². The molecule has 3 rings (SSSR count). The summed E-state index contributed by atoms with van der Waals surface area (Å²) in [4.78, 5) is 62.3. The fraction of sp³-hybridized carbons (Fsp3) is 0.467. The molecule has 0 aliphatic carbocycles. The molecule has 13 nitrogen and oxygen atoms in total. The third-order valence-corrected chi connectivity index (χ3v) is 5.77. The lowest BCUT2D eigenvalue weighted by atomic mass is 9.82. The molecule has 0 aromatic carbocycles. The number of amides is 2. The van der Waals surface area contributed by atoms with Gasteiger partial charge >= 0.3 is 11.9 Å². The quantitative estimate of drug-likeness (QED) is 0.280. The number of esters is 1. The zero-order valence-corrected chi connectivity index (χ0v) is 16.1. The lowest BCUT2D eigenvalue weighted by molar-refractivity contribution is -0.164. The van der Waals surface area contributed by atoms with Gasteiger partial charge < -0.3 is 15.2 Å². The molecule has 154 valence electrons. The molecule has 2 N–H and O–H groups in total. The molecule has 2 amide bonds. The van der Waals surface area contributed by atoms with Crippen LogP contribution in [0.15, 0.2) is 17.6 Å². The second-order valence-electron chi connectivity index (χ2n) is 6.25. The molecule has 2 aliphatic rings. The summed E-state index contributed by atoms with van der Waals surface area (Å²) >= 11 is 1.09. The first-order chi connectivity index (χ1) is 13.7. The standard InChI is InChI=1S/C15H16N6O7S/c1-7(22)15(18-10(24)3-20-17-6-16-19-20)13(27)21-11(12(25)26)9(4-28-8(2)23)5-29-14(15)21/h6,14H,3-5H2,1-2H3,(H,18,24)(H,25,26)/t14-,15+/m1/s1. The van der Waals surface area contributed by atoms with Gasteiger partial charge in [0.05, 0.1) is 0 Å². The minimum absolute atomic E-state index is 0.0961. The summed E-state index contributed by atoms with van der Waals surface area (Å²) in [7, 11) is 0. The Morgan fingerprint density at radius 2 is 2.10 bits per heavy atom. The first kappa shape index (κ1) is 20.4. The van der Waals surface area contributed by atoms with Crippen LogP contribution in [-0.2, 0) is 35.3 Å². The van der Waals surface area contributed by atoms with Crippen LogP contribution in [0.3, 0.4) is 0 Å². The van der Waals surface area contributed by atoms with Gasteiger partial charge in [-0.1, -0.05) is 0 Å². The molecule has 1 aromatic heterocycles. The number of carboxylic acids is 1. The van der Waals surface area contributed by atoms with E-state index in [9.17, 15) is 29.1 Å². The van der Waals surface area contributed by atoms with E-state index in [0.29, 0.717) is 0 Å². The first-order valence-corrected chi connectivity index (χ1v) is 9.30. The molecule has 1 fully saturated rings. The van der Waals surface area contributed by atoms with Gasteiger partial charge in [0.15, 0.2) is 12.1 Å². The highest BCUT2D eigenvalue weighted by molar-refractivity contribution is 8.00. The molecule has 0 unspecified atom stereocenters. The number of nitrogens with one attached hydrogen (secondary N) is 1. The third-order valence-electron chi connectivity index (χ3n) is 4.37. The molecule has 29 heavy (non-hydrogen) atoms. The molecule has 1 saturated heterocycles. The first-order valence-electron chi connectivity index (χ1n) is 8.25. The highest BCUT2D eigenvalue weighted by atomic mass is 32.2. The minimum atomic E-state index is -1.91. The zero-order chi connectivity index (χ0) is 21.3. The van der Waals surface area contributed by atoms with E-state index in [1.54, 1.807) is 0 Å². The van der Waals surface area contributed by atoms with Crippen molar-refractivity contribution in [2.75, 3.05) is 12.4 Å². The molecule has 2 aliphatic heterocycles. The molecule has 3 heterocycles. The number of aromatic nitrogens is 4. The van der Waals surface area contributed by atoms with Crippen LogP contribution < -0.4 is 5.32 Å². The molecule has 0 radical (unpaired) electrons. The van der Waals surface area contributed by atoms with Gasteiger partial charge in [-0.3, -0.25) is 24.1 Å². The second-order valence-corrected chi connectivity index (χ2v) is 7.32. The van der Waals surface area contributed by atoms with Crippen LogP contribution >= 0.6 is 11.8 Å². The van der Waals surface area contributed by atoms with Gasteiger partial charge in [-0.2, -0.15) is 4.80 Å². The fourth-order valence-electron chi connectivity index (χ4n) is 3.10. The number of nitrogens with zero attached hydrogens (tertiary/aromatic N) is 5. The van der Waals surface area contributed by atoms with Crippen molar-refractivity contribution in [1.82, 2.24) is 30.4 Å². The van der Waals surface area contributed by atoms with E-state index < -0.39 is 40.4 Å². The molecule has 0 bridgehead atoms. The van der Waals surface area contributed by atoms with Crippen LogP contribution in [0.25, 0.3) is 0 Å². The molecular formula is C15H16N6O7S. The zero-order valence-electron chi connectivity index (χ0n) is 15.3. The smallest absolute Gasteiger partial charge is 0.352 e. The third kappa shape index (κ3) is 3.46. The molecule has 0 saturated carbocycles. The SMILES string of the molecule is CC(=O)OCC1=C(C(=O)O)N2C(=O)[C@@](NC(=O)Cn3ncnn3)(C(C)=O)[C@H]2SC1. The van der Waals surface area contributed by atoms with E-state index in [0.717, 1.165) is 34.7 Å². The van der Waals surface area contributed by atoms with Crippen LogP contribution in [0, 0.1) is 0 Å². The number of hydrogen-bond acceptors (Lipinski definition) is 10. The number of carboxylic acid groups (broad SMARTS) is 1.